The minimum Gasteiger partial charge on any atom is -0.394 e. The van der Waals surface area contributed by atoms with Gasteiger partial charge in [-0.15, -0.1) is 0 Å². The molecule has 15 heteroatoms. The summed E-state index contributed by atoms with van der Waals surface area (Å²) in [5.41, 5.74) is 11.4. The molecule has 1 saturated heterocycles. The minimum atomic E-state index is -0.306. The van der Waals surface area contributed by atoms with Crippen LogP contribution in [0.15, 0.2) is 113 Å². The number of methoxy groups -OCH3 is 3. The van der Waals surface area contributed by atoms with E-state index in [1.165, 1.54) is 160 Å². The Morgan fingerprint density at radius 2 is 1.14 bits per heavy atom. The molecule has 12 rings (SSSR count). The Labute approximate surface area is 486 Å². The van der Waals surface area contributed by atoms with Gasteiger partial charge >= 0.3 is 47.9 Å². The maximum absolute atomic E-state index is 11.9. The Balaban J connectivity index is 0.000000169. The van der Waals surface area contributed by atoms with E-state index in [4.69, 9.17) is 18.9 Å². The van der Waals surface area contributed by atoms with Crippen LogP contribution in [0.5, 0.6) is 0 Å². The molecule has 4 fully saturated rings. The van der Waals surface area contributed by atoms with Gasteiger partial charge in [0.1, 0.15) is 12.2 Å². The molecule has 2 aliphatic heterocycles. The van der Waals surface area contributed by atoms with Gasteiger partial charge in [-0.3, -0.25) is 0 Å². The number of carbonyl (C=O) groups is 3. The van der Waals surface area contributed by atoms with Crippen molar-refractivity contribution < 1.29 is 49.7 Å². The summed E-state index contributed by atoms with van der Waals surface area (Å²) in [6, 6.07) is 23.1. The molecule has 3 aromatic carbocycles. The van der Waals surface area contributed by atoms with E-state index < -0.39 is 0 Å². The molecule has 0 radical (unpaired) electrons. The third kappa shape index (κ3) is 14.8. The molecule has 4 aromatic heterocycles. The molecule has 12 nitrogen and oxygen atoms in total. The number of hydrogen-bond donors (Lipinski definition) is 0. The van der Waals surface area contributed by atoms with Gasteiger partial charge in [-0.2, -0.15) is 18.2 Å². The molecular formula is C63H74Br2N5O7Zn+. The summed E-state index contributed by atoms with van der Waals surface area (Å²) in [6.45, 7) is 2.00. The Kier molecular flexibility index (Phi) is 24.3. The van der Waals surface area contributed by atoms with Gasteiger partial charge in [0.25, 0.3) is 0 Å². The van der Waals surface area contributed by atoms with Gasteiger partial charge in [-0.1, -0.05) is 76.5 Å². The molecule has 408 valence electrons. The number of allylic oxidation sites excluding steroid dienone is 3. The van der Waals surface area contributed by atoms with Crippen molar-refractivity contribution in [2.45, 2.75) is 115 Å². The van der Waals surface area contributed by atoms with E-state index in [0.717, 1.165) is 45.8 Å². The number of ether oxygens (including phenoxy) is 4. The first kappa shape index (κ1) is 61.7. The zero-order valence-electron chi connectivity index (χ0n) is 45.4. The molecule has 7 aromatic rings. The van der Waals surface area contributed by atoms with E-state index in [1.807, 2.05) is 74.8 Å². The van der Waals surface area contributed by atoms with Gasteiger partial charge in [0.15, 0.2) is 18.0 Å². The van der Waals surface area contributed by atoms with E-state index in [0.29, 0.717) is 34.4 Å². The zero-order valence-corrected chi connectivity index (χ0v) is 51.6. The predicted molar refractivity (Wildman–Crippen MR) is 316 cm³/mol. The first-order valence-corrected chi connectivity index (χ1v) is 34.5. The summed E-state index contributed by atoms with van der Waals surface area (Å²) in [4.78, 5) is 43.4. The van der Waals surface area contributed by atoms with Crippen molar-refractivity contribution in [3.8, 4) is 0 Å². The van der Waals surface area contributed by atoms with Gasteiger partial charge in [-0.25, -0.2) is 19.4 Å². The molecule has 0 unspecified atom stereocenters. The molecule has 0 spiro atoms. The summed E-state index contributed by atoms with van der Waals surface area (Å²) < 4.78 is 27.0. The quantitative estimate of drug-likeness (QED) is 0.0668. The fourth-order valence-corrected chi connectivity index (χ4v) is 12.1. The van der Waals surface area contributed by atoms with Crippen molar-refractivity contribution in [1.82, 2.24) is 18.7 Å². The molecule has 78 heavy (non-hydrogen) atoms. The van der Waals surface area contributed by atoms with E-state index in [1.54, 1.807) is 18.5 Å². The van der Waals surface area contributed by atoms with E-state index >= 15 is 0 Å². The summed E-state index contributed by atoms with van der Waals surface area (Å²) >= 11 is 7.98. The van der Waals surface area contributed by atoms with Gasteiger partial charge in [0.05, 0.1) is 48.3 Å². The number of aliphatic imine (C=N–C) groups is 1. The van der Waals surface area contributed by atoms with Crippen LogP contribution in [-0.2, 0) is 56.4 Å². The monoisotopic (exact) mass is 1230 g/mol. The third-order valence-electron chi connectivity index (χ3n) is 15.2. The third-order valence-corrected chi connectivity index (χ3v) is 16.2. The second kappa shape index (κ2) is 30.7. The van der Waals surface area contributed by atoms with Crippen LogP contribution in [0, 0.1) is 12.3 Å². The van der Waals surface area contributed by atoms with Crippen molar-refractivity contribution in [3.63, 3.8) is 0 Å². The van der Waals surface area contributed by atoms with Crippen molar-refractivity contribution in [2.24, 2.45) is 26.1 Å². The first-order valence-electron chi connectivity index (χ1n) is 26.7. The van der Waals surface area contributed by atoms with Crippen molar-refractivity contribution in [1.29, 1.82) is 0 Å². The Morgan fingerprint density at radius 3 is 1.58 bits per heavy atom. The first-order chi connectivity index (χ1) is 37.5. The van der Waals surface area contributed by atoms with Crippen LogP contribution in [0.2, 0.25) is 0 Å². The zero-order chi connectivity index (χ0) is 54.8. The molecule has 3 saturated carbocycles. The standard InChI is InChI=1S/C21H21N2O2.C16H18BrNO2.C16H19NO2.C5H4N.C4H8O.CH4.BrH.Zn/c1-23-18-13-15(21(24)25-2)10-11-16(18)19(14-7-3-4-8-14)20(23)17-9-5-6-12-22-17;1-18-13-9-11(16(19)20-2)7-8-12(13)14(15(18)17)10-5-3-4-6-10;1-17-10-14(11-5-3-4-6-11)13-8-7-12(9-15(13)17)16(18)19-2;1-2-4-6-5-3-1;1-2-4-5-3-1;;;/h5,9-14H,3-4,7-8H2,1-2H3;7-10H,3-6H2,1-2H3;7-11H,3-6H2,1-2H3;1-4H;1-4H2;1H4;1H;/q+1;;;-1;;;;+2/p-1. The second-order valence-corrected chi connectivity index (χ2v) is 20.6. The average molecular weight is 1240 g/mol. The summed E-state index contributed by atoms with van der Waals surface area (Å²) in [6.07, 6.45) is 33.1. The molecule has 0 atom stereocenters. The van der Waals surface area contributed by atoms with Crippen molar-refractivity contribution >= 4 is 85.9 Å². The van der Waals surface area contributed by atoms with Crippen LogP contribution in [-0.4, -0.2) is 76.8 Å². The fraction of sp³-hybridized carbons (Fsp3) is 0.413. The number of benzene rings is 3. The van der Waals surface area contributed by atoms with E-state index in [2.05, 4.69) is 96.9 Å². The smallest absolute Gasteiger partial charge is 0.0813 e. The van der Waals surface area contributed by atoms with Crippen LogP contribution in [0.1, 0.15) is 169 Å². The number of aromatic nitrogens is 4. The van der Waals surface area contributed by atoms with Gasteiger partial charge < -0.3 is 37.6 Å². The predicted octanol–water partition coefficient (Wildman–Crippen LogP) is 15.5. The SMILES string of the molecule is C.C1CCOC1.COC(=O)c1ccc2c(C3CCCC3)c(Br)n(C)c2c1.COC(=O)c1ccc2c(C3CCCC3)c(C3=NC=[C+]C=C3)n(C)c2c1.COC(=O)c1ccc2c(C3CCCC3)cn(C)c2c1.[Zn+][Br].[c-]1ccccn1. The van der Waals surface area contributed by atoms with Gasteiger partial charge in [0, 0.05) is 73.3 Å². The molecule has 6 heterocycles. The number of carbonyl (C=O) groups excluding carboxylic acids is 3. The van der Waals surface area contributed by atoms with Crippen LogP contribution in [0.3, 0.4) is 0 Å². The normalized spacial score (nSPS) is 15.7. The fourth-order valence-electron chi connectivity index (χ4n) is 11.4. The minimum absolute atomic E-state index is 0. The second-order valence-electron chi connectivity index (χ2n) is 19.8. The number of nitrogens with zero attached hydrogens (tertiary/aromatic N) is 5. The molecule has 3 aliphatic carbocycles. The summed E-state index contributed by atoms with van der Waals surface area (Å²) in [5, 5.41) is 3.74. The van der Waals surface area contributed by atoms with E-state index in [9.17, 15) is 14.4 Å². The Bertz CT molecular complexity index is 3160. The van der Waals surface area contributed by atoms with Crippen molar-refractivity contribution in [2.75, 3.05) is 34.5 Å². The van der Waals surface area contributed by atoms with Crippen LogP contribution >= 0.6 is 29.6 Å². The molecule has 0 amide bonds. The maximum Gasteiger partial charge on any atom is -0.0813 e. The van der Waals surface area contributed by atoms with Crippen molar-refractivity contribution in [3.05, 3.63) is 159 Å². The maximum atomic E-state index is 11.9. The number of halogens is 2. The summed E-state index contributed by atoms with van der Waals surface area (Å²) in [7, 11) is 10.4. The van der Waals surface area contributed by atoms with Gasteiger partial charge in [0.2, 0.25) is 0 Å². The van der Waals surface area contributed by atoms with Crippen LogP contribution in [0.4, 0.5) is 0 Å². The van der Waals surface area contributed by atoms with Crippen LogP contribution in [0.25, 0.3) is 32.7 Å². The van der Waals surface area contributed by atoms with Gasteiger partial charge in [-0.05, 0) is 138 Å². The molecule has 5 aliphatic rings. The number of fused-ring (bicyclic) bond motifs is 3. The number of aryl methyl sites for hydroxylation is 3. The average Bonchev–Trinajstić information content (AvgIpc) is 4.41. The number of hydrogen-bond acceptors (Lipinski definition) is 9. The van der Waals surface area contributed by atoms with Crippen LogP contribution < -0.4 is 0 Å². The van der Waals surface area contributed by atoms with E-state index in [-0.39, 0.29) is 25.3 Å². The summed E-state index contributed by atoms with van der Waals surface area (Å²) in [5.74, 6) is 1.01. The number of esters is 3. The molecular weight excluding hydrogens is 1160 g/mol. The Morgan fingerprint density at radius 1 is 0.654 bits per heavy atom. The molecule has 0 N–H and O–H groups in total. The largest absolute Gasteiger partial charge is 0.394 e. The molecule has 0 bridgehead atoms. The Hall–Kier alpha value is -5.56. The number of rotatable bonds is 7. The number of pyridine rings is 1. The topological polar surface area (TPSA) is 128 Å².